The van der Waals surface area contributed by atoms with Crippen LogP contribution in [0.4, 0.5) is 0 Å². The molecule has 0 fully saturated rings. The van der Waals surface area contributed by atoms with Crippen molar-refractivity contribution in [1.29, 1.82) is 0 Å². The Bertz CT molecular complexity index is 487. The van der Waals surface area contributed by atoms with Crippen molar-refractivity contribution in [3.05, 3.63) is 23.1 Å². The van der Waals surface area contributed by atoms with Gasteiger partial charge < -0.3 is 9.84 Å². The van der Waals surface area contributed by atoms with Crippen molar-refractivity contribution in [3.63, 3.8) is 0 Å². The van der Waals surface area contributed by atoms with Crippen LogP contribution in [0.3, 0.4) is 0 Å². The number of carbonyl (C=O) groups is 1. The van der Waals surface area contributed by atoms with Crippen LogP contribution in [0.15, 0.2) is 17.5 Å². The molecule has 0 saturated heterocycles. The van der Waals surface area contributed by atoms with E-state index in [1.54, 1.807) is 6.07 Å². The third kappa shape index (κ3) is 1.15. The fourth-order valence-electron chi connectivity index (χ4n) is 1.41. The number of hydrogen-bond acceptors (Lipinski definition) is 4. The van der Waals surface area contributed by atoms with Gasteiger partial charge in [0.25, 0.3) is 0 Å². The number of rotatable bonds is 2. The first kappa shape index (κ1) is 9.02. The number of aromatic hydroxyl groups is 1. The number of benzene rings is 1. The molecule has 72 valence electrons. The van der Waals surface area contributed by atoms with Gasteiger partial charge in [-0.15, -0.1) is 11.3 Å². The molecular weight excluding hydrogens is 200 g/mol. The molecule has 14 heavy (non-hydrogen) atoms. The van der Waals surface area contributed by atoms with E-state index in [4.69, 9.17) is 4.74 Å². The molecule has 2 aromatic rings. The maximum absolute atomic E-state index is 10.7. The predicted molar refractivity (Wildman–Crippen MR) is 55.4 cm³/mol. The number of carbonyl (C=O) groups excluding carboxylic acids is 1. The lowest BCUT2D eigenvalue weighted by atomic mass is 10.1. The third-order valence-electron chi connectivity index (χ3n) is 2.03. The summed E-state index contributed by atoms with van der Waals surface area (Å²) in [5.41, 5.74) is 0.375. The molecule has 0 atom stereocenters. The van der Waals surface area contributed by atoms with Gasteiger partial charge in [0.15, 0.2) is 6.29 Å². The highest BCUT2D eigenvalue weighted by Crippen LogP contribution is 2.38. The van der Waals surface area contributed by atoms with Crippen LogP contribution in [-0.4, -0.2) is 18.5 Å². The monoisotopic (exact) mass is 208 g/mol. The van der Waals surface area contributed by atoms with Gasteiger partial charge >= 0.3 is 0 Å². The van der Waals surface area contributed by atoms with Crippen molar-refractivity contribution in [2.24, 2.45) is 0 Å². The molecule has 0 saturated carbocycles. The predicted octanol–water partition coefficient (Wildman–Crippen LogP) is 2.43. The van der Waals surface area contributed by atoms with Gasteiger partial charge in [0.05, 0.1) is 17.4 Å². The van der Waals surface area contributed by atoms with E-state index in [1.165, 1.54) is 24.5 Å². The Morgan fingerprint density at radius 2 is 2.36 bits per heavy atom. The summed E-state index contributed by atoms with van der Waals surface area (Å²) in [4.78, 5) is 10.7. The van der Waals surface area contributed by atoms with Crippen LogP contribution in [-0.2, 0) is 0 Å². The molecule has 1 aromatic heterocycles. The fourth-order valence-corrected chi connectivity index (χ4v) is 2.35. The topological polar surface area (TPSA) is 46.5 Å². The number of hydrogen-bond donors (Lipinski definition) is 1. The second kappa shape index (κ2) is 3.31. The smallest absolute Gasteiger partial charge is 0.153 e. The first-order valence-corrected chi connectivity index (χ1v) is 4.88. The van der Waals surface area contributed by atoms with E-state index in [2.05, 4.69) is 0 Å². The van der Waals surface area contributed by atoms with Crippen molar-refractivity contribution in [1.82, 2.24) is 0 Å². The average Bonchev–Trinajstić information content (AvgIpc) is 2.66. The second-order valence-electron chi connectivity index (χ2n) is 2.80. The Kier molecular flexibility index (Phi) is 2.13. The van der Waals surface area contributed by atoms with Gasteiger partial charge in [-0.05, 0) is 17.5 Å². The lowest BCUT2D eigenvalue weighted by Gasteiger charge is -2.05. The zero-order valence-electron chi connectivity index (χ0n) is 7.48. The molecule has 0 spiro atoms. The Morgan fingerprint density at radius 3 is 3.00 bits per heavy atom. The van der Waals surface area contributed by atoms with Crippen molar-refractivity contribution in [2.75, 3.05) is 7.11 Å². The van der Waals surface area contributed by atoms with E-state index >= 15 is 0 Å². The lowest BCUT2D eigenvalue weighted by Crippen LogP contribution is -1.90. The lowest BCUT2D eigenvalue weighted by molar-refractivity contribution is 0.112. The molecule has 3 nitrogen and oxygen atoms in total. The van der Waals surface area contributed by atoms with E-state index in [9.17, 15) is 9.90 Å². The molecule has 0 amide bonds. The maximum Gasteiger partial charge on any atom is 0.153 e. The summed E-state index contributed by atoms with van der Waals surface area (Å²) < 4.78 is 5.93. The Balaban J connectivity index is 2.88. The normalized spacial score (nSPS) is 10.4. The Morgan fingerprint density at radius 1 is 1.57 bits per heavy atom. The van der Waals surface area contributed by atoms with Crippen molar-refractivity contribution < 1.29 is 14.6 Å². The van der Waals surface area contributed by atoms with Crippen molar-refractivity contribution in [3.8, 4) is 11.5 Å². The Labute approximate surface area is 84.6 Å². The van der Waals surface area contributed by atoms with Crippen molar-refractivity contribution >= 4 is 27.7 Å². The maximum atomic E-state index is 10.7. The highest BCUT2D eigenvalue weighted by atomic mass is 32.1. The zero-order chi connectivity index (χ0) is 10.1. The second-order valence-corrected chi connectivity index (χ2v) is 3.72. The standard InChI is InChI=1S/C10H8O3S/c1-13-9-6(5-11)4-8(12)7-2-3-14-10(7)9/h2-5,12H,1H3. The van der Waals surface area contributed by atoms with Gasteiger partial charge in [-0.3, -0.25) is 4.79 Å². The van der Waals surface area contributed by atoms with Crippen LogP contribution in [0.1, 0.15) is 10.4 Å². The average molecular weight is 208 g/mol. The molecule has 0 aliphatic carbocycles. The summed E-state index contributed by atoms with van der Waals surface area (Å²) in [7, 11) is 1.51. The highest BCUT2D eigenvalue weighted by molar-refractivity contribution is 7.17. The minimum atomic E-state index is 0.115. The van der Waals surface area contributed by atoms with Gasteiger partial charge in [-0.2, -0.15) is 0 Å². The van der Waals surface area contributed by atoms with Gasteiger partial charge in [0.2, 0.25) is 0 Å². The molecule has 0 radical (unpaired) electrons. The summed E-state index contributed by atoms with van der Waals surface area (Å²) in [6.45, 7) is 0. The first-order chi connectivity index (χ1) is 6.77. The van der Waals surface area contributed by atoms with E-state index in [0.29, 0.717) is 17.6 Å². The quantitative estimate of drug-likeness (QED) is 0.771. The number of methoxy groups -OCH3 is 1. The van der Waals surface area contributed by atoms with E-state index < -0.39 is 0 Å². The summed E-state index contributed by atoms with van der Waals surface area (Å²) >= 11 is 1.44. The van der Waals surface area contributed by atoms with Gasteiger partial charge in [-0.1, -0.05) is 0 Å². The van der Waals surface area contributed by atoms with Crippen LogP contribution < -0.4 is 4.74 Å². The van der Waals surface area contributed by atoms with Crippen LogP contribution >= 0.6 is 11.3 Å². The number of fused-ring (bicyclic) bond motifs is 1. The van der Waals surface area contributed by atoms with Crippen LogP contribution in [0, 0.1) is 0 Å². The summed E-state index contributed by atoms with van der Waals surface area (Å²) in [5.74, 6) is 0.645. The molecule has 1 heterocycles. The molecule has 0 bridgehead atoms. The molecule has 0 aliphatic heterocycles. The summed E-state index contributed by atoms with van der Waals surface area (Å²) in [5, 5.41) is 12.2. The van der Waals surface area contributed by atoms with Crippen molar-refractivity contribution in [2.45, 2.75) is 0 Å². The zero-order valence-corrected chi connectivity index (χ0v) is 8.30. The molecule has 4 heteroatoms. The van der Waals surface area contributed by atoms with E-state index in [-0.39, 0.29) is 5.75 Å². The fraction of sp³-hybridized carbons (Fsp3) is 0.100. The molecule has 0 aliphatic rings. The number of phenolic OH excluding ortho intramolecular Hbond substituents is 1. The number of phenols is 1. The van der Waals surface area contributed by atoms with Gasteiger partial charge in [0, 0.05) is 5.39 Å². The molecule has 2 rings (SSSR count). The molecule has 1 aromatic carbocycles. The van der Waals surface area contributed by atoms with Crippen LogP contribution in [0.25, 0.3) is 10.1 Å². The SMILES string of the molecule is COc1c(C=O)cc(O)c2ccsc12. The summed E-state index contributed by atoms with van der Waals surface area (Å²) in [6.07, 6.45) is 0.678. The molecule has 0 unspecified atom stereocenters. The summed E-state index contributed by atoms with van der Waals surface area (Å²) in [6, 6.07) is 3.22. The molecular formula is C10H8O3S. The van der Waals surface area contributed by atoms with Gasteiger partial charge in [-0.25, -0.2) is 0 Å². The van der Waals surface area contributed by atoms with E-state index in [1.807, 2.05) is 5.38 Å². The third-order valence-corrected chi connectivity index (χ3v) is 2.95. The highest BCUT2D eigenvalue weighted by Gasteiger charge is 2.12. The number of thiophene rings is 1. The number of aldehydes is 1. The molecule has 1 N–H and O–H groups in total. The number of ether oxygens (including phenoxy) is 1. The Hall–Kier alpha value is -1.55. The van der Waals surface area contributed by atoms with Gasteiger partial charge in [0.1, 0.15) is 11.5 Å². The van der Waals surface area contributed by atoms with E-state index in [0.717, 1.165) is 10.1 Å². The largest absolute Gasteiger partial charge is 0.507 e. The van der Waals surface area contributed by atoms with Crippen LogP contribution in [0.5, 0.6) is 11.5 Å². The van der Waals surface area contributed by atoms with Crippen LogP contribution in [0.2, 0.25) is 0 Å². The minimum absolute atomic E-state index is 0.115. The first-order valence-electron chi connectivity index (χ1n) is 4.00. The minimum Gasteiger partial charge on any atom is -0.507 e.